The summed E-state index contributed by atoms with van der Waals surface area (Å²) in [5.41, 5.74) is 1.10. The van der Waals surface area contributed by atoms with E-state index in [1.54, 1.807) is 22.6 Å². The average Bonchev–Trinajstić information content (AvgIpc) is 2.92. The number of thiophene rings is 1. The van der Waals surface area contributed by atoms with Crippen molar-refractivity contribution in [3.8, 4) is 0 Å². The highest BCUT2D eigenvalue weighted by atomic mass is 32.2. The maximum Gasteiger partial charge on any atom is 0.214 e. The second kappa shape index (κ2) is 4.23. The van der Waals surface area contributed by atoms with E-state index in [9.17, 15) is 8.42 Å². The Morgan fingerprint density at radius 2 is 2.27 bits per heavy atom. The van der Waals surface area contributed by atoms with Gasteiger partial charge in [-0.15, -0.1) is 0 Å². The summed E-state index contributed by atoms with van der Waals surface area (Å²) in [4.78, 5) is 0. The monoisotopic (exact) mass is 245 g/mol. The van der Waals surface area contributed by atoms with Crippen LogP contribution in [-0.4, -0.2) is 24.5 Å². The summed E-state index contributed by atoms with van der Waals surface area (Å²) in [5, 5.41) is 4.00. The lowest BCUT2D eigenvalue weighted by atomic mass is 10.3. The Balaban J connectivity index is 2.14. The van der Waals surface area contributed by atoms with Gasteiger partial charge in [-0.2, -0.15) is 15.6 Å². The lowest BCUT2D eigenvalue weighted by Gasteiger charge is -2.20. The molecule has 0 aliphatic heterocycles. The van der Waals surface area contributed by atoms with Crippen LogP contribution in [0, 0.1) is 0 Å². The zero-order valence-electron chi connectivity index (χ0n) is 8.72. The topological polar surface area (TPSA) is 37.4 Å². The maximum atomic E-state index is 11.8. The van der Waals surface area contributed by atoms with Crippen LogP contribution in [0.15, 0.2) is 16.8 Å². The van der Waals surface area contributed by atoms with E-state index >= 15 is 0 Å². The van der Waals surface area contributed by atoms with Gasteiger partial charge in [-0.1, -0.05) is 0 Å². The van der Waals surface area contributed by atoms with Gasteiger partial charge in [-0.3, -0.25) is 0 Å². The summed E-state index contributed by atoms with van der Waals surface area (Å²) in [6.45, 7) is 2.25. The molecular weight excluding hydrogens is 230 g/mol. The van der Waals surface area contributed by atoms with Crippen molar-refractivity contribution in [2.75, 3.05) is 5.75 Å². The molecule has 15 heavy (non-hydrogen) atoms. The van der Waals surface area contributed by atoms with Gasteiger partial charge < -0.3 is 0 Å². The molecule has 1 heterocycles. The van der Waals surface area contributed by atoms with Crippen LogP contribution in [0.5, 0.6) is 0 Å². The standard InChI is InChI=1S/C10H15NO2S2/c1-2-15(12,13)11(10-3-4-10)7-9-5-6-14-8-9/h5-6,8,10H,2-4,7H2,1H3. The van der Waals surface area contributed by atoms with Gasteiger partial charge >= 0.3 is 0 Å². The highest BCUT2D eigenvalue weighted by Gasteiger charge is 2.36. The van der Waals surface area contributed by atoms with E-state index in [4.69, 9.17) is 0 Å². The van der Waals surface area contributed by atoms with Gasteiger partial charge in [0.2, 0.25) is 10.0 Å². The van der Waals surface area contributed by atoms with Crippen molar-refractivity contribution in [3.05, 3.63) is 22.4 Å². The number of hydrogen-bond acceptors (Lipinski definition) is 3. The number of nitrogens with zero attached hydrogens (tertiary/aromatic N) is 1. The molecule has 0 radical (unpaired) electrons. The molecule has 0 amide bonds. The van der Waals surface area contributed by atoms with Gasteiger partial charge in [0.15, 0.2) is 0 Å². The molecule has 0 aromatic carbocycles. The number of rotatable bonds is 5. The van der Waals surface area contributed by atoms with Crippen LogP contribution in [0.25, 0.3) is 0 Å². The van der Waals surface area contributed by atoms with Crippen LogP contribution < -0.4 is 0 Å². The van der Waals surface area contributed by atoms with Crippen molar-refractivity contribution in [3.63, 3.8) is 0 Å². The summed E-state index contributed by atoms with van der Waals surface area (Å²) >= 11 is 1.61. The van der Waals surface area contributed by atoms with E-state index < -0.39 is 10.0 Å². The number of hydrogen-bond donors (Lipinski definition) is 0. The predicted octanol–water partition coefficient (Wildman–Crippen LogP) is 2.06. The molecule has 1 aromatic rings. The summed E-state index contributed by atoms with van der Waals surface area (Å²) in [5.74, 6) is 0.202. The smallest absolute Gasteiger partial charge is 0.212 e. The lowest BCUT2D eigenvalue weighted by molar-refractivity contribution is 0.400. The first kappa shape index (κ1) is 11.1. The van der Waals surface area contributed by atoms with Gasteiger partial charge in [0.25, 0.3) is 0 Å². The van der Waals surface area contributed by atoms with Crippen LogP contribution in [-0.2, 0) is 16.6 Å². The Bertz CT molecular complexity index is 407. The fraction of sp³-hybridized carbons (Fsp3) is 0.600. The normalized spacial score (nSPS) is 17.2. The van der Waals surface area contributed by atoms with Gasteiger partial charge in [0.05, 0.1) is 5.75 Å². The van der Waals surface area contributed by atoms with Gasteiger partial charge in [0, 0.05) is 12.6 Å². The van der Waals surface area contributed by atoms with Crippen molar-refractivity contribution in [2.24, 2.45) is 0 Å². The second-order valence-corrected chi connectivity index (χ2v) is 6.80. The third-order valence-electron chi connectivity index (χ3n) is 2.59. The molecule has 84 valence electrons. The molecule has 1 fully saturated rings. The van der Waals surface area contributed by atoms with Crippen molar-refractivity contribution in [1.82, 2.24) is 4.31 Å². The molecule has 0 atom stereocenters. The molecule has 2 rings (SSSR count). The fourth-order valence-electron chi connectivity index (χ4n) is 1.55. The third kappa shape index (κ3) is 2.59. The Hall–Kier alpha value is -0.390. The zero-order valence-corrected chi connectivity index (χ0v) is 10.4. The van der Waals surface area contributed by atoms with E-state index in [0.717, 1.165) is 18.4 Å². The molecule has 0 unspecified atom stereocenters. The van der Waals surface area contributed by atoms with Crippen LogP contribution in [0.3, 0.4) is 0 Å². The molecule has 5 heteroatoms. The highest BCUT2D eigenvalue weighted by Crippen LogP contribution is 2.31. The zero-order chi connectivity index (χ0) is 10.9. The van der Waals surface area contributed by atoms with E-state index in [2.05, 4.69) is 0 Å². The first-order valence-corrected chi connectivity index (χ1v) is 7.69. The second-order valence-electron chi connectivity index (χ2n) is 3.81. The number of sulfonamides is 1. The average molecular weight is 245 g/mol. The van der Waals surface area contributed by atoms with E-state index in [-0.39, 0.29) is 11.8 Å². The van der Waals surface area contributed by atoms with Crippen molar-refractivity contribution >= 4 is 21.4 Å². The first-order valence-electron chi connectivity index (χ1n) is 5.14. The molecule has 0 saturated heterocycles. The van der Waals surface area contributed by atoms with Crippen LogP contribution in [0.1, 0.15) is 25.3 Å². The van der Waals surface area contributed by atoms with Gasteiger partial charge in [-0.25, -0.2) is 8.42 Å². The molecule has 0 spiro atoms. The summed E-state index contributed by atoms with van der Waals surface area (Å²) < 4.78 is 25.3. The predicted molar refractivity (Wildman–Crippen MR) is 62.3 cm³/mol. The molecule has 3 nitrogen and oxygen atoms in total. The largest absolute Gasteiger partial charge is 0.214 e. The molecule has 1 aliphatic carbocycles. The van der Waals surface area contributed by atoms with Gasteiger partial charge in [0.1, 0.15) is 0 Å². The van der Waals surface area contributed by atoms with Crippen molar-refractivity contribution in [1.29, 1.82) is 0 Å². The van der Waals surface area contributed by atoms with Crippen LogP contribution in [0.2, 0.25) is 0 Å². The van der Waals surface area contributed by atoms with E-state index in [1.807, 2.05) is 16.8 Å². The SMILES string of the molecule is CCS(=O)(=O)N(Cc1ccsc1)C1CC1. The van der Waals surface area contributed by atoms with Crippen molar-refractivity contribution in [2.45, 2.75) is 32.4 Å². The Morgan fingerprint density at radius 3 is 2.73 bits per heavy atom. The summed E-state index contributed by atoms with van der Waals surface area (Å²) in [6, 6.07) is 2.25. The molecule has 1 aliphatic rings. The summed E-state index contributed by atoms with van der Waals surface area (Å²) in [6.07, 6.45) is 2.03. The van der Waals surface area contributed by atoms with Crippen LogP contribution >= 0.6 is 11.3 Å². The molecule has 0 bridgehead atoms. The fourth-order valence-corrected chi connectivity index (χ4v) is 3.55. The molecule has 0 N–H and O–H groups in total. The minimum Gasteiger partial charge on any atom is -0.212 e. The van der Waals surface area contributed by atoms with Gasteiger partial charge in [-0.05, 0) is 42.2 Å². The highest BCUT2D eigenvalue weighted by molar-refractivity contribution is 7.89. The Morgan fingerprint density at radius 1 is 1.53 bits per heavy atom. The molecule has 1 saturated carbocycles. The van der Waals surface area contributed by atoms with Crippen LogP contribution in [0.4, 0.5) is 0 Å². The maximum absolute atomic E-state index is 11.8. The Kier molecular flexibility index (Phi) is 3.13. The molecular formula is C10H15NO2S2. The Labute approximate surface area is 94.8 Å². The minimum absolute atomic E-state index is 0.202. The lowest BCUT2D eigenvalue weighted by Crippen LogP contribution is -2.33. The molecule has 1 aromatic heterocycles. The van der Waals surface area contributed by atoms with Crippen molar-refractivity contribution < 1.29 is 8.42 Å². The summed E-state index contributed by atoms with van der Waals surface area (Å²) in [7, 11) is -3.04. The third-order valence-corrected chi connectivity index (χ3v) is 5.20. The minimum atomic E-state index is -3.04. The first-order chi connectivity index (χ1) is 7.13. The van der Waals surface area contributed by atoms with E-state index in [1.165, 1.54) is 0 Å². The van der Waals surface area contributed by atoms with E-state index in [0.29, 0.717) is 6.54 Å². The quantitative estimate of drug-likeness (QED) is 0.796.